The van der Waals surface area contributed by atoms with Crippen LogP contribution in [0.2, 0.25) is 0 Å². The topological polar surface area (TPSA) is 114 Å². The minimum Gasteiger partial charge on any atom is -0.494 e. The lowest BCUT2D eigenvalue weighted by atomic mass is 10.0. The number of nitro groups is 1. The molecular formula is C36H43NO8. The van der Waals surface area contributed by atoms with Gasteiger partial charge in [-0.15, -0.1) is 0 Å². The van der Waals surface area contributed by atoms with E-state index in [0.717, 1.165) is 80.7 Å². The van der Waals surface area contributed by atoms with E-state index in [1.54, 1.807) is 12.1 Å². The van der Waals surface area contributed by atoms with Gasteiger partial charge in [0.15, 0.2) is 5.75 Å². The molecule has 240 valence electrons. The number of ether oxygens (including phenoxy) is 4. The maximum atomic E-state index is 12.8. The summed E-state index contributed by atoms with van der Waals surface area (Å²) in [4.78, 5) is 35.0. The van der Waals surface area contributed by atoms with E-state index in [0.29, 0.717) is 18.8 Å². The fourth-order valence-electron chi connectivity index (χ4n) is 4.62. The first-order valence-electron chi connectivity index (χ1n) is 15.6. The molecule has 1 atom stereocenters. The summed E-state index contributed by atoms with van der Waals surface area (Å²) in [7, 11) is 0. The highest BCUT2D eigenvalue weighted by atomic mass is 16.6. The molecule has 0 N–H and O–H groups in total. The monoisotopic (exact) mass is 617 g/mol. The zero-order valence-corrected chi connectivity index (χ0v) is 26.2. The van der Waals surface area contributed by atoms with Crippen molar-refractivity contribution in [1.82, 2.24) is 0 Å². The molecule has 0 fully saturated rings. The number of carbonyl (C=O) groups is 2. The average Bonchev–Trinajstić information content (AvgIpc) is 3.05. The molecule has 0 aromatic heterocycles. The van der Waals surface area contributed by atoms with Crippen molar-refractivity contribution in [2.24, 2.45) is 0 Å². The summed E-state index contributed by atoms with van der Waals surface area (Å²) in [6, 6.07) is 18.9. The van der Waals surface area contributed by atoms with Crippen molar-refractivity contribution in [2.75, 3.05) is 13.2 Å². The average molecular weight is 618 g/mol. The molecule has 3 rings (SSSR count). The molecule has 3 aromatic rings. The van der Waals surface area contributed by atoms with Crippen molar-refractivity contribution in [3.8, 4) is 28.4 Å². The molecule has 0 aliphatic carbocycles. The lowest BCUT2D eigenvalue weighted by Gasteiger charge is -2.15. The van der Waals surface area contributed by atoms with E-state index < -0.39 is 16.9 Å². The van der Waals surface area contributed by atoms with Crippen LogP contribution in [-0.4, -0.2) is 36.2 Å². The molecule has 0 heterocycles. The molecule has 0 amide bonds. The third kappa shape index (κ3) is 12.1. The Kier molecular flexibility index (Phi) is 14.6. The molecule has 45 heavy (non-hydrogen) atoms. The van der Waals surface area contributed by atoms with Gasteiger partial charge in [-0.25, -0.2) is 9.59 Å². The van der Waals surface area contributed by atoms with Crippen molar-refractivity contribution in [3.05, 3.63) is 95.1 Å². The normalized spacial score (nSPS) is 11.3. The predicted molar refractivity (Wildman–Crippen MR) is 174 cm³/mol. The quantitative estimate of drug-likeness (QED) is 0.0308. The molecule has 0 bridgehead atoms. The van der Waals surface area contributed by atoms with Crippen LogP contribution in [0.1, 0.15) is 82.0 Å². The van der Waals surface area contributed by atoms with Gasteiger partial charge in [-0.2, -0.15) is 0 Å². The van der Waals surface area contributed by atoms with Crippen LogP contribution in [-0.2, 0) is 9.53 Å². The van der Waals surface area contributed by atoms with Crippen LogP contribution in [0.3, 0.4) is 0 Å². The molecule has 0 spiro atoms. The number of nitro benzene ring substituents is 1. The van der Waals surface area contributed by atoms with Crippen LogP contribution in [0.15, 0.2) is 79.4 Å². The zero-order valence-electron chi connectivity index (χ0n) is 26.2. The van der Waals surface area contributed by atoms with E-state index in [-0.39, 0.29) is 23.3 Å². The van der Waals surface area contributed by atoms with Crippen LogP contribution in [0.4, 0.5) is 5.69 Å². The SMILES string of the molecule is C=CC(=O)OCCCCCCOc1ccc(-c2ccc(C(=O)Oc3ccc(O[C@H](C)CCCCCC)c([N+](=O)[O-])c3)cc2)cc1. The van der Waals surface area contributed by atoms with Gasteiger partial charge in [0.1, 0.15) is 11.5 Å². The summed E-state index contributed by atoms with van der Waals surface area (Å²) in [6.45, 7) is 8.42. The highest BCUT2D eigenvalue weighted by molar-refractivity contribution is 5.91. The number of carbonyl (C=O) groups excluding carboxylic acids is 2. The Bertz CT molecular complexity index is 1390. The van der Waals surface area contributed by atoms with E-state index in [4.69, 9.17) is 18.9 Å². The highest BCUT2D eigenvalue weighted by Crippen LogP contribution is 2.33. The Balaban J connectivity index is 1.48. The second-order valence-electron chi connectivity index (χ2n) is 10.8. The van der Waals surface area contributed by atoms with E-state index >= 15 is 0 Å². The molecule has 9 heteroatoms. The Morgan fingerprint density at radius 3 is 2.11 bits per heavy atom. The smallest absolute Gasteiger partial charge is 0.343 e. The first kappa shape index (κ1) is 34.8. The number of rotatable bonds is 20. The lowest BCUT2D eigenvalue weighted by Crippen LogP contribution is -2.13. The van der Waals surface area contributed by atoms with Gasteiger partial charge in [0.25, 0.3) is 0 Å². The maximum Gasteiger partial charge on any atom is 0.343 e. The van der Waals surface area contributed by atoms with Crippen LogP contribution < -0.4 is 14.2 Å². The maximum absolute atomic E-state index is 12.8. The molecule has 0 radical (unpaired) electrons. The lowest BCUT2D eigenvalue weighted by molar-refractivity contribution is -0.386. The van der Waals surface area contributed by atoms with Gasteiger partial charge < -0.3 is 18.9 Å². The summed E-state index contributed by atoms with van der Waals surface area (Å²) >= 11 is 0. The van der Waals surface area contributed by atoms with Crippen molar-refractivity contribution in [2.45, 2.75) is 77.7 Å². The molecule has 0 aliphatic heterocycles. The van der Waals surface area contributed by atoms with Gasteiger partial charge in [-0.1, -0.05) is 57.0 Å². The van der Waals surface area contributed by atoms with E-state index in [2.05, 4.69) is 13.5 Å². The summed E-state index contributed by atoms with van der Waals surface area (Å²) in [5.74, 6) is -0.00912. The van der Waals surface area contributed by atoms with Gasteiger partial charge in [0.05, 0.1) is 35.9 Å². The van der Waals surface area contributed by atoms with Crippen molar-refractivity contribution in [3.63, 3.8) is 0 Å². The van der Waals surface area contributed by atoms with Crippen LogP contribution in [0.25, 0.3) is 11.1 Å². The predicted octanol–water partition coefficient (Wildman–Crippen LogP) is 8.89. The summed E-state index contributed by atoms with van der Waals surface area (Å²) in [6.07, 6.45) is 9.85. The summed E-state index contributed by atoms with van der Waals surface area (Å²) in [5.41, 5.74) is 1.95. The molecule has 0 aliphatic rings. The minimum absolute atomic E-state index is 0.0725. The third-order valence-corrected chi connectivity index (χ3v) is 7.16. The van der Waals surface area contributed by atoms with Crippen LogP contribution in [0.5, 0.6) is 17.2 Å². The number of nitrogens with zero attached hydrogens (tertiary/aromatic N) is 1. The Morgan fingerprint density at radius 1 is 0.844 bits per heavy atom. The fourth-order valence-corrected chi connectivity index (χ4v) is 4.62. The van der Waals surface area contributed by atoms with Gasteiger partial charge in [-0.3, -0.25) is 10.1 Å². The van der Waals surface area contributed by atoms with E-state index in [1.165, 1.54) is 18.2 Å². The second-order valence-corrected chi connectivity index (χ2v) is 10.8. The van der Waals surface area contributed by atoms with E-state index in [1.807, 2.05) is 43.3 Å². The molecular weight excluding hydrogens is 574 g/mol. The molecule has 0 saturated carbocycles. The summed E-state index contributed by atoms with van der Waals surface area (Å²) < 4.78 is 22.1. The Hall–Kier alpha value is -4.66. The molecule has 0 unspecified atom stereocenters. The highest BCUT2D eigenvalue weighted by Gasteiger charge is 2.20. The number of hydrogen-bond donors (Lipinski definition) is 0. The molecule has 9 nitrogen and oxygen atoms in total. The van der Waals surface area contributed by atoms with Gasteiger partial charge in [-0.05, 0) is 93.0 Å². The Morgan fingerprint density at radius 2 is 1.47 bits per heavy atom. The minimum atomic E-state index is -0.615. The van der Waals surface area contributed by atoms with E-state index in [9.17, 15) is 19.7 Å². The van der Waals surface area contributed by atoms with Gasteiger partial charge in [0.2, 0.25) is 0 Å². The molecule has 0 saturated heterocycles. The van der Waals surface area contributed by atoms with Gasteiger partial charge in [0, 0.05) is 6.08 Å². The summed E-state index contributed by atoms with van der Waals surface area (Å²) in [5, 5.41) is 11.7. The van der Waals surface area contributed by atoms with Crippen molar-refractivity contribution >= 4 is 17.6 Å². The first-order chi connectivity index (χ1) is 21.8. The van der Waals surface area contributed by atoms with Crippen LogP contribution >= 0.6 is 0 Å². The van der Waals surface area contributed by atoms with Crippen molar-refractivity contribution in [1.29, 1.82) is 0 Å². The number of unbranched alkanes of at least 4 members (excludes halogenated alkanes) is 6. The second kappa shape index (κ2) is 18.9. The number of hydrogen-bond acceptors (Lipinski definition) is 8. The van der Waals surface area contributed by atoms with Crippen molar-refractivity contribution < 1.29 is 33.5 Å². The fraction of sp³-hybridized carbons (Fsp3) is 0.389. The van der Waals surface area contributed by atoms with Gasteiger partial charge >= 0.3 is 17.6 Å². The largest absolute Gasteiger partial charge is 0.494 e. The number of benzene rings is 3. The Labute approximate surface area is 265 Å². The first-order valence-corrected chi connectivity index (χ1v) is 15.6. The van der Waals surface area contributed by atoms with Crippen LogP contribution in [0, 0.1) is 10.1 Å². The molecule has 3 aromatic carbocycles. The number of esters is 2. The third-order valence-electron chi connectivity index (χ3n) is 7.16. The zero-order chi connectivity index (χ0) is 32.4. The standard InChI is InChI=1S/C36H43NO8/c1-4-6-7-10-13-27(3)44-34-23-22-32(26-33(34)37(40)41)45-36(39)30-16-14-28(15-17-30)29-18-20-31(21-19-29)42-24-11-8-9-12-25-43-35(38)5-2/h5,14-23,26-27H,2,4,6-13,24-25H2,1,3H3/t27-/m1/s1.